The lowest BCUT2D eigenvalue weighted by Crippen LogP contribution is -2.25. The van der Waals surface area contributed by atoms with E-state index in [0.717, 1.165) is 0 Å². The van der Waals surface area contributed by atoms with Crippen molar-refractivity contribution >= 4 is 11.7 Å². The minimum Gasteiger partial charge on any atom is -0.478 e. The van der Waals surface area contributed by atoms with Gasteiger partial charge in [0.1, 0.15) is 0 Å². The van der Waals surface area contributed by atoms with Gasteiger partial charge in [-0.05, 0) is 19.1 Å². The zero-order valence-electron chi connectivity index (χ0n) is 8.03. The minimum absolute atomic E-state index is 0.00292. The normalized spacial score (nSPS) is 12.1. The molecule has 0 aliphatic heterocycles. The molecule has 0 saturated heterocycles. The largest absolute Gasteiger partial charge is 0.478 e. The molecule has 1 rings (SSSR count). The van der Waals surface area contributed by atoms with Crippen LogP contribution in [0.1, 0.15) is 17.3 Å². The van der Waals surface area contributed by atoms with Gasteiger partial charge in [0, 0.05) is 18.3 Å². The molecular formula is C10H14N2O2. The lowest BCUT2D eigenvalue weighted by Gasteiger charge is -2.10. The second-order valence-electron chi connectivity index (χ2n) is 3.21. The first-order valence-electron chi connectivity index (χ1n) is 4.43. The average Bonchev–Trinajstić information content (AvgIpc) is 2.15. The molecule has 1 aromatic rings. The van der Waals surface area contributed by atoms with Crippen LogP contribution >= 0.6 is 0 Å². The maximum Gasteiger partial charge on any atom is 0.337 e. The molecular weight excluding hydrogens is 180 g/mol. The summed E-state index contributed by atoms with van der Waals surface area (Å²) >= 11 is 0. The zero-order valence-corrected chi connectivity index (χ0v) is 8.03. The first-order valence-corrected chi connectivity index (χ1v) is 4.43. The van der Waals surface area contributed by atoms with Crippen LogP contribution in [0.3, 0.4) is 0 Å². The predicted molar refractivity (Wildman–Crippen MR) is 55.5 cm³/mol. The van der Waals surface area contributed by atoms with Crippen LogP contribution in [0, 0.1) is 0 Å². The highest BCUT2D eigenvalue weighted by atomic mass is 16.4. The van der Waals surface area contributed by atoms with E-state index in [9.17, 15) is 4.79 Å². The summed E-state index contributed by atoms with van der Waals surface area (Å²) in [6.07, 6.45) is 0. The van der Waals surface area contributed by atoms with Gasteiger partial charge in [0.2, 0.25) is 0 Å². The fraction of sp³-hybridized carbons (Fsp3) is 0.300. The van der Waals surface area contributed by atoms with E-state index in [1.807, 2.05) is 6.92 Å². The zero-order chi connectivity index (χ0) is 10.6. The quantitative estimate of drug-likeness (QED) is 0.672. The van der Waals surface area contributed by atoms with Crippen molar-refractivity contribution in [2.45, 2.75) is 13.0 Å². The van der Waals surface area contributed by atoms with Crippen LogP contribution in [0.15, 0.2) is 24.3 Å². The third-order valence-electron chi connectivity index (χ3n) is 1.77. The summed E-state index contributed by atoms with van der Waals surface area (Å²) in [5.74, 6) is -0.933. The number of aromatic carboxylic acids is 1. The summed E-state index contributed by atoms with van der Waals surface area (Å²) in [5, 5.41) is 11.8. The summed E-state index contributed by atoms with van der Waals surface area (Å²) in [4.78, 5) is 10.8. The molecule has 14 heavy (non-hydrogen) atoms. The van der Waals surface area contributed by atoms with E-state index in [1.165, 1.54) is 0 Å². The molecule has 4 nitrogen and oxygen atoms in total. The van der Waals surface area contributed by atoms with E-state index in [0.29, 0.717) is 12.2 Å². The summed E-state index contributed by atoms with van der Waals surface area (Å²) < 4.78 is 0. The number of carbonyl (C=O) groups is 1. The fourth-order valence-corrected chi connectivity index (χ4v) is 1.09. The Morgan fingerprint density at radius 2 is 2.21 bits per heavy atom. The summed E-state index contributed by atoms with van der Waals surface area (Å²) in [7, 11) is 0. The van der Waals surface area contributed by atoms with Crippen molar-refractivity contribution < 1.29 is 9.90 Å². The molecule has 0 amide bonds. The molecule has 0 heterocycles. The summed E-state index contributed by atoms with van der Waals surface area (Å²) in [5.41, 5.74) is 6.44. The summed E-state index contributed by atoms with van der Waals surface area (Å²) in [6.45, 7) is 2.42. The van der Waals surface area contributed by atoms with Crippen LogP contribution in [0.5, 0.6) is 0 Å². The van der Waals surface area contributed by atoms with Crippen molar-refractivity contribution in [2.24, 2.45) is 5.73 Å². The summed E-state index contributed by atoms with van der Waals surface area (Å²) in [6, 6.07) is 6.77. The molecule has 0 radical (unpaired) electrons. The molecule has 0 spiro atoms. The highest BCUT2D eigenvalue weighted by Gasteiger charge is 2.08. The first kappa shape index (κ1) is 10.5. The van der Waals surface area contributed by atoms with Gasteiger partial charge in [-0.2, -0.15) is 0 Å². The van der Waals surface area contributed by atoms with Gasteiger partial charge in [-0.15, -0.1) is 0 Å². The molecule has 0 fully saturated rings. The first-order chi connectivity index (χ1) is 6.61. The lowest BCUT2D eigenvalue weighted by molar-refractivity contribution is 0.0698. The molecule has 4 N–H and O–H groups in total. The van der Waals surface area contributed by atoms with Crippen LogP contribution in [0.4, 0.5) is 5.69 Å². The average molecular weight is 194 g/mol. The highest BCUT2D eigenvalue weighted by Crippen LogP contribution is 2.14. The Labute approximate surface area is 82.7 Å². The molecule has 0 saturated carbocycles. The standard InChI is InChI=1S/C10H14N2O2/c1-7(11)6-12-9-5-3-2-4-8(9)10(13)14/h2-5,7,12H,6,11H2,1H3,(H,13,14)/t7-/m0/s1. The number of nitrogens with one attached hydrogen (secondary N) is 1. The lowest BCUT2D eigenvalue weighted by atomic mass is 10.2. The molecule has 1 atom stereocenters. The van der Waals surface area contributed by atoms with Gasteiger partial charge in [0.05, 0.1) is 5.56 Å². The third kappa shape index (κ3) is 2.74. The molecule has 76 valence electrons. The van der Waals surface area contributed by atoms with Crippen molar-refractivity contribution in [1.82, 2.24) is 0 Å². The van der Waals surface area contributed by atoms with Gasteiger partial charge in [-0.25, -0.2) is 4.79 Å². The Morgan fingerprint density at radius 1 is 1.57 bits per heavy atom. The Bertz CT molecular complexity index is 324. The van der Waals surface area contributed by atoms with E-state index < -0.39 is 5.97 Å². The number of benzene rings is 1. The molecule has 0 aliphatic carbocycles. The number of para-hydroxylation sites is 1. The third-order valence-corrected chi connectivity index (χ3v) is 1.77. The fourth-order valence-electron chi connectivity index (χ4n) is 1.09. The minimum atomic E-state index is -0.933. The van der Waals surface area contributed by atoms with Crippen LogP contribution in [-0.4, -0.2) is 23.7 Å². The maximum absolute atomic E-state index is 10.8. The number of carboxylic acids is 1. The van der Waals surface area contributed by atoms with Crippen LogP contribution < -0.4 is 11.1 Å². The molecule has 1 aromatic carbocycles. The van der Waals surface area contributed by atoms with Crippen LogP contribution in [0.2, 0.25) is 0 Å². The highest BCUT2D eigenvalue weighted by molar-refractivity contribution is 5.94. The monoisotopic (exact) mass is 194 g/mol. The van der Waals surface area contributed by atoms with Gasteiger partial charge in [-0.1, -0.05) is 12.1 Å². The number of nitrogens with two attached hydrogens (primary N) is 1. The SMILES string of the molecule is C[C@H](N)CNc1ccccc1C(=O)O. The van der Waals surface area contributed by atoms with Gasteiger partial charge in [0.15, 0.2) is 0 Å². The van der Waals surface area contributed by atoms with Crippen molar-refractivity contribution in [1.29, 1.82) is 0 Å². The number of hydrogen-bond acceptors (Lipinski definition) is 3. The number of hydrogen-bond donors (Lipinski definition) is 3. The van der Waals surface area contributed by atoms with Gasteiger partial charge in [-0.3, -0.25) is 0 Å². The van der Waals surface area contributed by atoms with Crippen molar-refractivity contribution in [2.75, 3.05) is 11.9 Å². The molecule has 4 heteroatoms. The predicted octanol–water partition coefficient (Wildman–Crippen LogP) is 1.14. The van der Waals surface area contributed by atoms with Crippen molar-refractivity contribution in [3.05, 3.63) is 29.8 Å². The Balaban J connectivity index is 2.79. The Morgan fingerprint density at radius 3 is 2.79 bits per heavy atom. The van der Waals surface area contributed by atoms with E-state index in [1.54, 1.807) is 24.3 Å². The smallest absolute Gasteiger partial charge is 0.337 e. The van der Waals surface area contributed by atoms with E-state index in [4.69, 9.17) is 10.8 Å². The molecule has 0 bridgehead atoms. The topological polar surface area (TPSA) is 75.3 Å². The number of rotatable bonds is 4. The van der Waals surface area contributed by atoms with E-state index in [-0.39, 0.29) is 11.6 Å². The second-order valence-corrected chi connectivity index (χ2v) is 3.21. The molecule has 0 aromatic heterocycles. The molecule has 0 unspecified atom stereocenters. The van der Waals surface area contributed by atoms with Crippen LogP contribution in [0.25, 0.3) is 0 Å². The van der Waals surface area contributed by atoms with Crippen LogP contribution in [-0.2, 0) is 0 Å². The van der Waals surface area contributed by atoms with Crippen molar-refractivity contribution in [3.8, 4) is 0 Å². The van der Waals surface area contributed by atoms with E-state index >= 15 is 0 Å². The second kappa shape index (κ2) is 4.62. The Hall–Kier alpha value is -1.55. The molecule has 0 aliphatic rings. The number of carboxylic acid groups (broad SMARTS) is 1. The van der Waals surface area contributed by atoms with E-state index in [2.05, 4.69) is 5.32 Å². The van der Waals surface area contributed by atoms with Gasteiger partial charge < -0.3 is 16.2 Å². The number of anilines is 1. The van der Waals surface area contributed by atoms with Crippen molar-refractivity contribution in [3.63, 3.8) is 0 Å². The van der Waals surface area contributed by atoms with Gasteiger partial charge in [0.25, 0.3) is 0 Å². The maximum atomic E-state index is 10.8. The Kier molecular flexibility index (Phi) is 3.48. The van der Waals surface area contributed by atoms with Gasteiger partial charge >= 0.3 is 5.97 Å².